The van der Waals surface area contributed by atoms with Crippen LogP contribution in [0.5, 0.6) is 11.5 Å². The summed E-state index contributed by atoms with van der Waals surface area (Å²) in [5.74, 6) is 3.61. The van der Waals surface area contributed by atoms with Crippen molar-refractivity contribution in [2.24, 2.45) is 11.8 Å². The molecule has 2 aliphatic carbocycles. The number of rotatable bonds is 14. The van der Waals surface area contributed by atoms with Gasteiger partial charge in [0, 0.05) is 18.3 Å². The van der Waals surface area contributed by atoms with Gasteiger partial charge in [-0.25, -0.2) is 0 Å². The van der Waals surface area contributed by atoms with Crippen LogP contribution in [-0.4, -0.2) is 77.3 Å². The molecule has 6 aliphatic rings. The number of epoxide rings is 4. The normalized spacial score (nSPS) is 30.0. The summed E-state index contributed by atoms with van der Waals surface area (Å²) in [7, 11) is 0. The van der Waals surface area contributed by atoms with Gasteiger partial charge in [0.05, 0.1) is 26.4 Å². The third-order valence-corrected chi connectivity index (χ3v) is 7.64. The largest absolute Gasteiger partial charge is 0.491 e. The highest BCUT2D eigenvalue weighted by molar-refractivity contribution is 5.44. The molecule has 0 saturated carbocycles. The van der Waals surface area contributed by atoms with Crippen LogP contribution in [0.1, 0.15) is 5.56 Å². The minimum Gasteiger partial charge on any atom is -0.491 e. The van der Waals surface area contributed by atoms with E-state index in [-0.39, 0.29) is 36.3 Å². The Bertz CT molecular complexity index is 1280. The second kappa shape index (κ2) is 12.3. The van der Waals surface area contributed by atoms with Crippen LogP contribution in [0.25, 0.3) is 0 Å². The zero-order valence-electron chi connectivity index (χ0n) is 23.0. The van der Waals surface area contributed by atoms with E-state index in [2.05, 4.69) is 36.4 Å². The van der Waals surface area contributed by atoms with Crippen LogP contribution in [0.3, 0.4) is 0 Å². The van der Waals surface area contributed by atoms with Crippen molar-refractivity contribution in [1.29, 1.82) is 0 Å². The highest BCUT2D eigenvalue weighted by Crippen LogP contribution is 2.39. The predicted molar refractivity (Wildman–Crippen MR) is 150 cm³/mol. The Morgan fingerprint density at radius 1 is 0.634 bits per heavy atom. The average Bonchev–Trinajstić information content (AvgIpc) is 3.83. The van der Waals surface area contributed by atoms with E-state index in [0.717, 1.165) is 55.0 Å². The highest BCUT2D eigenvalue weighted by atomic mass is 16.6. The van der Waals surface area contributed by atoms with Crippen LogP contribution in [0.2, 0.25) is 0 Å². The first kappa shape index (κ1) is 26.6. The lowest BCUT2D eigenvalue weighted by Crippen LogP contribution is -2.23. The van der Waals surface area contributed by atoms with Crippen LogP contribution in [0.15, 0.2) is 89.9 Å². The van der Waals surface area contributed by atoms with E-state index in [4.69, 9.17) is 37.9 Å². The molecule has 4 aliphatic heterocycles. The summed E-state index contributed by atoms with van der Waals surface area (Å²) in [4.78, 5) is 0. The maximum Gasteiger partial charge on any atom is 0.122 e. The minimum absolute atomic E-state index is 0.0849. The van der Waals surface area contributed by atoms with E-state index in [1.165, 1.54) is 5.57 Å². The number of hydrogen-bond donors (Lipinski definition) is 0. The smallest absolute Gasteiger partial charge is 0.122 e. The first-order valence-corrected chi connectivity index (χ1v) is 14.5. The summed E-state index contributed by atoms with van der Waals surface area (Å²) in [6.45, 7) is 5.15. The molecule has 0 N–H and O–H groups in total. The molecule has 41 heavy (non-hydrogen) atoms. The number of ether oxygens (including phenoxy) is 8. The van der Waals surface area contributed by atoms with E-state index >= 15 is 0 Å². The molecule has 0 aromatic heterocycles. The number of hydrogen-bond acceptors (Lipinski definition) is 8. The van der Waals surface area contributed by atoms with Crippen LogP contribution < -0.4 is 9.47 Å². The fourth-order valence-electron chi connectivity index (χ4n) is 4.87. The average molecular weight is 561 g/mol. The molecule has 0 radical (unpaired) electrons. The lowest BCUT2D eigenvalue weighted by molar-refractivity contribution is 0.181. The molecule has 6 unspecified atom stereocenters. The van der Waals surface area contributed by atoms with Gasteiger partial charge in [0.2, 0.25) is 0 Å². The summed E-state index contributed by atoms with van der Waals surface area (Å²) < 4.78 is 46.4. The predicted octanol–water partition coefficient (Wildman–Crippen LogP) is 4.25. The monoisotopic (exact) mass is 560 g/mol. The molecular formula is C33H36O8. The Morgan fingerprint density at radius 2 is 1.27 bits per heavy atom. The molecule has 0 spiro atoms. The molecule has 4 saturated heterocycles. The van der Waals surface area contributed by atoms with Crippen LogP contribution >= 0.6 is 0 Å². The standard InChI is InChI=1S/C33H36O8/c1-2-4-24(34-14-26-16-36-26)9-7-23(32(5-3-1)40-20-28-18-38-28)12-31-30-13-25(35-15-27-17-37-27)10-6-22(30)8-11-33(31)41-21-29-19-39-29/h1-11,13,22,26-30H,12,14-21H2. The van der Waals surface area contributed by atoms with Crippen molar-refractivity contribution in [1.82, 2.24) is 0 Å². The molecule has 4 fully saturated rings. The first-order chi connectivity index (χ1) is 20.3. The van der Waals surface area contributed by atoms with Gasteiger partial charge in [-0.05, 0) is 47.6 Å². The molecule has 4 heterocycles. The van der Waals surface area contributed by atoms with Gasteiger partial charge in [0.1, 0.15) is 73.9 Å². The van der Waals surface area contributed by atoms with E-state index in [0.29, 0.717) is 32.8 Å². The highest BCUT2D eigenvalue weighted by Gasteiger charge is 2.32. The molecule has 7 rings (SSSR count). The summed E-state index contributed by atoms with van der Waals surface area (Å²) in [5, 5.41) is 0. The maximum absolute atomic E-state index is 6.36. The zero-order chi connectivity index (χ0) is 27.4. The Morgan fingerprint density at radius 3 is 2.00 bits per heavy atom. The van der Waals surface area contributed by atoms with Gasteiger partial charge >= 0.3 is 0 Å². The fourth-order valence-corrected chi connectivity index (χ4v) is 4.87. The maximum atomic E-state index is 6.36. The molecule has 216 valence electrons. The van der Waals surface area contributed by atoms with E-state index in [1.807, 2.05) is 36.4 Å². The number of allylic oxidation sites excluding steroid dienone is 6. The Labute approximate surface area is 240 Å². The molecule has 0 amide bonds. The summed E-state index contributed by atoms with van der Waals surface area (Å²) >= 11 is 0. The van der Waals surface area contributed by atoms with Crippen molar-refractivity contribution in [3.05, 3.63) is 95.5 Å². The number of fused-ring (bicyclic) bond motifs is 1. The molecule has 6 atom stereocenters. The second-order valence-electron chi connectivity index (χ2n) is 11.1. The van der Waals surface area contributed by atoms with Crippen LogP contribution in [0, 0.1) is 11.8 Å². The lowest BCUT2D eigenvalue weighted by atomic mass is 9.76. The van der Waals surface area contributed by atoms with E-state index in [9.17, 15) is 0 Å². The molecule has 8 heteroatoms. The molecule has 1 aromatic rings. The van der Waals surface area contributed by atoms with Crippen molar-refractivity contribution < 1.29 is 37.9 Å². The zero-order valence-corrected chi connectivity index (χ0v) is 23.0. The van der Waals surface area contributed by atoms with Gasteiger partial charge in [0.15, 0.2) is 0 Å². The van der Waals surface area contributed by atoms with E-state index in [1.54, 1.807) is 0 Å². The first-order valence-electron chi connectivity index (χ1n) is 14.5. The topological polar surface area (TPSA) is 87.0 Å². The Hall–Kier alpha value is -3.30. The van der Waals surface area contributed by atoms with Crippen molar-refractivity contribution in [3.63, 3.8) is 0 Å². The van der Waals surface area contributed by atoms with Crippen molar-refractivity contribution in [3.8, 4) is 11.5 Å². The SMILES string of the molecule is C1=CC2C=CC(OCC3CO3)=C(Cc3ccc(OCC4CO4)cccccc3OCC3CO3)C2C=C1OCC1CO1. The quantitative estimate of drug-likeness (QED) is 0.312. The molecule has 0 bridgehead atoms. The van der Waals surface area contributed by atoms with Gasteiger partial charge in [-0.1, -0.05) is 36.4 Å². The molecule has 8 nitrogen and oxygen atoms in total. The van der Waals surface area contributed by atoms with Crippen molar-refractivity contribution >= 4 is 0 Å². The minimum atomic E-state index is 0.0849. The second-order valence-corrected chi connectivity index (χ2v) is 11.1. The third-order valence-electron chi connectivity index (χ3n) is 7.64. The third kappa shape index (κ3) is 7.71. The summed E-state index contributed by atoms with van der Waals surface area (Å²) in [5.41, 5.74) is 2.20. The van der Waals surface area contributed by atoms with Crippen LogP contribution in [-0.2, 0) is 34.8 Å². The van der Waals surface area contributed by atoms with Crippen molar-refractivity contribution in [2.45, 2.75) is 30.8 Å². The Kier molecular flexibility index (Phi) is 7.97. The summed E-state index contributed by atoms with van der Waals surface area (Å²) in [6, 6.07) is 14.0. The lowest BCUT2D eigenvalue weighted by Gasteiger charge is -2.31. The van der Waals surface area contributed by atoms with Gasteiger partial charge in [-0.15, -0.1) is 0 Å². The van der Waals surface area contributed by atoms with Gasteiger partial charge in [-0.3, -0.25) is 0 Å². The Balaban J connectivity index is 1.22. The van der Waals surface area contributed by atoms with Gasteiger partial charge in [-0.2, -0.15) is 0 Å². The van der Waals surface area contributed by atoms with Crippen molar-refractivity contribution in [2.75, 3.05) is 52.9 Å². The van der Waals surface area contributed by atoms with Crippen LogP contribution in [0.4, 0.5) is 0 Å². The van der Waals surface area contributed by atoms with E-state index < -0.39 is 0 Å². The molecule has 1 aromatic carbocycles. The molecular weight excluding hydrogens is 524 g/mol. The van der Waals surface area contributed by atoms with Gasteiger partial charge < -0.3 is 37.9 Å². The fraction of sp³-hybridized carbons (Fsp3) is 0.455. The summed E-state index contributed by atoms with van der Waals surface area (Å²) in [6.07, 6.45) is 12.1. The van der Waals surface area contributed by atoms with Gasteiger partial charge in [0.25, 0.3) is 0 Å².